The molecule has 0 fully saturated rings. The zero-order valence-electron chi connectivity index (χ0n) is 11.6. The van der Waals surface area contributed by atoms with Crippen LogP contribution in [0.2, 0.25) is 6.32 Å². The number of hydrogen-bond donors (Lipinski definition) is 0. The lowest BCUT2D eigenvalue weighted by molar-refractivity contribution is 0.184. The Bertz CT molecular complexity index is 455. The zero-order chi connectivity index (χ0) is 14.0. The summed E-state index contributed by atoms with van der Waals surface area (Å²) >= 11 is 0. The Morgan fingerprint density at radius 2 is 1.25 bits per heavy atom. The Hall–Kier alpha value is -1.84. The van der Waals surface area contributed by atoms with E-state index in [-0.39, 0.29) is 7.12 Å². The molecule has 0 aromatic heterocycles. The molecule has 3 heteroatoms. The number of rotatable bonds is 8. The molecule has 0 aliphatic rings. The van der Waals surface area contributed by atoms with Crippen molar-refractivity contribution in [2.24, 2.45) is 0 Å². The van der Waals surface area contributed by atoms with Gasteiger partial charge in [0.05, 0.1) is 13.2 Å². The van der Waals surface area contributed by atoms with E-state index in [1.165, 1.54) is 0 Å². The fraction of sp³-hybridized carbons (Fsp3) is 0.176. The van der Waals surface area contributed by atoms with Gasteiger partial charge < -0.3 is 9.31 Å². The lowest BCUT2D eigenvalue weighted by atomic mass is 9.84. The van der Waals surface area contributed by atoms with Crippen molar-refractivity contribution >= 4 is 7.12 Å². The first-order valence-electron chi connectivity index (χ1n) is 6.80. The fourth-order valence-corrected chi connectivity index (χ4v) is 1.85. The van der Waals surface area contributed by atoms with Crippen LogP contribution in [0, 0.1) is 0 Å². The highest BCUT2D eigenvalue weighted by Crippen LogP contribution is 2.08. The van der Waals surface area contributed by atoms with E-state index >= 15 is 0 Å². The quantitative estimate of drug-likeness (QED) is 0.529. The monoisotopic (exact) mass is 266 g/mol. The van der Waals surface area contributed by atoms with Gasteiger partial charge in [0.1, 0.15) is 0 Å². The molecular formula is C17H19BO2. The Morgan fingerprint density at radius 3 is 1.65 bits per heavy atom. The molecule has 20 heavy (non-hydrogen) atoms. The van der Waals surface area contributed by atoms with Crippen molar-refractivity contribution in [3.05, 3.63) is 84.4 Å². The third-order valence-corrected chi connectivity index (χ3v) is 2.92. The number of benzene rings is 2. The van der Waals surface area contributed by atoms with Crippen molar-refractivity contribution in [2.45, 2.75) is 19.5 Å². The van der Waals surface area contributed by atoms with Gasteiger partial charge in [-0.1, -0.05) is 66.7 Å². The van der Waals surface area contributed by atoms with E-state index in [9.17, 15) is 0 Å². The third-order valence-electron chi connectivity index (χ3n) is 2.92. The summed E-state index contributed by atoms with van der Waals surface area (Å²) in [6.45, 7) is 4.85. The molecule has 0 saturated heterocycles. The van der Waals surface area contributed by atoms with E-state index in [1.54, 1.807) is 0 Å². The second kappa shape index (κ2) is 8.36. The van der Waals surface area contributed by atoms with E-state index in [2.05, 4.69) is 6.58 Å². The van der Waals surface area contributed by atoms with Crippen LogP contribution in [-0.4, -0.2) is 7.12 Å². The van der Waals surface area contributed by atoms with Gasteiger partial charge >= 0.3 is 7.12 Å². The third kappa shape index (κ3) is 5.04. The highest BCUT2D eigenvalue weighted by Gasteiger charge is 2.16. The maximum Gasteiger partial charge on any atom is 0.461 e. The van der Waals surface area contributed by atoms with Crippen LogP contribution in [0.1, 0.15) is 11.1 Å². The Balaban J connectivity index is 1.82. The summed E-state index contributed by atoms with van der Waals surface area (Å²) in [5.41, 5.74) is 2.29. The van der Waals surface area contributed by atoms with Gasteiger partial charge in [0.2, 0.25) is 0 Å². The Morgan fingerprint density at radius 1 is 0.800 bits per heavy atom. The van der Waals surface area contributed by atoms with Crippen LogP contribution in [-0.2, 0) is 22.5 Å². The smallest absolute Gasteiger partial charge is 0.407 e. The van der Waals surface area contributed by atoms with E-state index in [4.69, 9.17) is 9.31 Å². The van der Waals surface area contributed by atoms with E-state index < -0.39 is 0 Å². The topological polar surface area (TPSA) is 18.5 Å². The van der Waals surface area contributed by atoms with E-state index in [0.717, 1.165) is 11.1 Å². The summed E-state index contributed by atoms with van der Waals surface area (Å²) in [5, 5.41) is 0. The maximum atomic E-state index is 5.80. The Kier molecular flexibility index (Phi) is 6.09. The van der Waals surface area contributed by atoms with Crippen LogP contribution in [0.4, 0.5) is 0 Å². The zero-order valence-corrected chi connectivity index (χ0v) is 11.6. The van der Waals surface area contributed by atoms with Gasteiger partial charge in [-0.25, -0.2) is 0 Å². The number of allylic oxidation sites excluding steroid dienone is 1. The van der Waals surface area contributed by atoms with Gasteiger partial charge in [-0.05, 0) is 11.1 Å². The average molecular weight is 266 g/mol. The SMILES string of the molecule is C=CCB(OCc1ccccc1)OCc1ccccc1. The standard InChI is InChI=1S/C17H19BO2/c1-2-13-18(19-14-16-9-5-3-6-10-16)20-15-17-11-7-4-8-12-17/h2-12H,1,13-15H2. The summed E-state index contributed by atoms with van der Waals surface area (Å²) < 4.78 is 11.6. The molecule has 0 saturated carbocycles. The van der Waals surface area contributed by atoms with Gasteiger partial charge in [0.15, 0.2) is 0 Å². The minimum Gasteiger partial charge on any atom is -0.407 e. The molecule has 0 aliphatic carbocycles. The first-order chi connectivity index (χ1) is 9.88. The van der Waals surface area contributed by atoms with Crippen LogP contribution in [0.3, 0.4) is 0 Å². The van der Waals surface area contributed by atoms with Gasteiger partial charge in [0.25, 0.3) is 0 Å². The summed E-state index contributed by atoms with van der Waals surface area (Å²) in [5.74, 6) is 0. The van der Waals surface area contributed by atoms with Crippen molar-refractivity contribution in [1.82, 2.24) is 0 Å². The van der Waals surface area contributed by atoms with Crippen molar-refractivity contribution in [3.63, 3.8) is 0 Å². The van der Waals surface area contributed by atoms with Gasteiger partial charge in [-0.3, -0.25) is 0 Å². The molecule has 0 amide bonds. The fourth-order valence-electron chi connectivity index (χ4n) is 1.85. The summed E-state index contributed by atoms with van der Waals surface area (Å²) in [7, 11) is -0.257. The van der Waals surface area contributed by atoms with Crippen molar-refractivity contribution in [2.75, 3.05) is 0 Å². The number of hydrogen-bond acceptors (Lipinski definition) is 2. The minimum absolute atomic E-state index is 0.257. The predicted molar refractivity (Wildman–Crippen MR) is 83.2 cm³/mol. The molecule has 0 unspecified atom stereocenters. The second-order valence-electron chi connectivity index (χ2n) is 4.55. The van der Waals surface area contributed by atoms with Crippen molar-refractivity contribution in [1.29, 1.82) is 0 Å². The van der Waals surface area contributed by atoms with E-state index in [1.807, 2.05) is 66.7 Å². The second-order valence-corrected chi connectivity index (χ2v) is 4.55. The molecule has 2 aromatic carbocycles. The van der Waals surface area contributed by atoms with Crippen LogP contribution in [0.5, 0.6) is 0 Å². The molecule has 0 radical (unpaired) electrons. The van der Waals surface area contributed by atoms with Crippen molar-refractivity contribution < 1.29 is 9.31 Å². The molecule has 2 aromatic rings. The van der Waals surface area contributed by atoms with E-state index in [0.29, 0.717) is 19.5 Å². The predicted octanol–water partition coefficient (Wildman–Crippen LogP) is 4.09. The maximum absolute atomic E-state index is 5.80. The molecule has 2 rings (SSSR count). The summed E-state index contributed by atoms with van der Waals surface area (Å²) in [4.78, 5) is 0. The first kappa shape index (κ1) is 14.6. The van der Waals surface area contributed by atoms with Crippen LogP contribution in [0.25, 0.3) is 0 Å². The molecule has 0 atom stereocenters. The van der Waals surface area contributed by atoms with Crippen LogP contribution >= 0.6 is 0 Å². The molecular weight excluding hydrogens is 247 g/mol. The van der Waals surface area contributed by atoms with Gasteiger partial charge in [-0.15, -0.1) is 6.58 Å². The van der Waals surface area contributed by atoms with Crippen molar-refractivity contribution in [3.8, 4) is 0 Å². The Labute approximate surface area is 121 Å². The summed E-state index contributed by atoms with van der Waals surface area (Å²) in [6.07, 6.45) is 2.50. The molecule has 102 valence electrons. The normalized spacial score (nSPS) is 10.2. The lowest BCUT2D eigenvalue weighted by Crippen LogP contribution is -2.21. The molecule has 0 spiro atoms. The highest BCUT2D eigenvalue weighted by atomic mass is 16.6. The van der Waals surface area contributed by atoms with Crippen LogP contribution in [0.15, 0.2) is 73.3 Å². The average Bonchev–Trinajstić information content (AvgIpc) is 2.52. The molecule has 0 N–H and O–H groups in total. The van der Waals surface area contributed by atoms with Crippen LogP contribution < -0.4 is 0 Å². The summed E-state index contributed by atoms with van der Waals surface area (Å²) in [6, 6.07) is 20.2. The molecule has 0 heterocycles. The lowest BCUT2D eigenvalue weighted by Gasteiger charge is -2.13. The minimum atomic E-state index is -0.257. The van der Waals surface area contributed by atoms with Gasteiger partial charge in [0, 0.05) is 6.32 Å². The molecule has 0 bridgehead atoms. The molecule has 0 aliphatic heterocycles. The van der Waals surface area contributed by atoms with Gasteiger partial charge in [-0.2, -0.15) is 0 Å². The molecule has 2 nitrogen and oxygen atoms in total. The largest absolute Gasteiger partial charge is 0.461 e. The highest BCUT2D eigenvalue weighted by molar-refractivity contribution is 6.44. The first-order valence-corrected chi connectivity index (χ1v) is 6.80.